The summed E-state index contributed by atoms with van der Waals surface area (Å²) in [6.45, 7) is 2.27. The van der Waals surface area contributed by atoms with Gasteiger partial charge in [0.25, 0.3) is 0 Å². The summed E-state index contributed by atoms with van der Waals surface area (Å²) in [5.41, 5.74) is 6.45. The lowest BCUT2D eigenvalue weighted by atomic mass is 9.93. The van der Waals surface area contributed by atoms with Crippen molar-refractivity contribution in [1.29, 1.82) is 5.26 Å². The third-order valence-electron chi connectivity index (χ3n) is 3.78. The Morgan fingerprint density at radius 1 is 1.45 bits per heavy atom. The lowest BCUT2D eigenvalue weighted by Crippen LogP contribution is -2.34. The van der Waals surface area contributed by atoms with E-state index in [0.717, 1.165) is 31.5 Å². The Bertz CT molecular complexity index is 530. The summed E-state index contributed by atoms with van der Waals surface area (Å²) in [6, 6.07) is 6.34. The number of nitrogens with zero attached hydrogens (tertiary/aromatic N) is 2. The SMILES string of the molecule is N#Cc1ccc(F)cc1CN1CCC(CC(N)=O)CC1. The Balaban J connectivity index is 1.94. The molecule has 2 rings (SSSR count). The summed E-state index contributed by atoms with van der Waals surface area (Å²) < 4.78 is 13.3. The summed E-state index contributed by atoms with van der Waals surface area (Å²) in [6.07, 6.45) is 2.28. The van der Waals surface area contributed by atoms with Crippen LogP contribution in [0.5, 0.6) is 0 Å². The van der Waals surface area contributed by atoms with Crippen LogP contribution in [0.15, 0.2) is 18.2 Å². The Kier molecular flexibility index (Phi) is 4.70. The van der Waals surface area contributed by atoms with Gasteiger partial charge in [0.15, 0.2) is 0 Å². The first kappa shape index (κ1) is 14.5. The van der Waals surface area contributed by atoms with Gasteiger partial charge in [-0.1, -0.05) is 0 Å². The predicted octanol–water partition coefficient (Wildman–Crippen LogP) is 1.78. The van der Waals surface area contributed by atoms with Crippen LogP contribution < -0.4 is 5.73 Å². The topological polar surface area (TPSA) is 70.1 Å². The second kappa shape index (κ2) is 6.49. The van der Waals surface area contributed by atoms with Gasteiger partial charge in [-0.05, 0) is 55.6 Å². The summed E-state index contributed by atoms with van der Waals surface area (Å²) in [7, 11) is 0. The van der Waals surface area contributed by atoms with Crippen molar-refractivity contribution in [3.8, 4) is 6.07 Å². The van der Waals surface area contributed by atoms with Crippen LogP contribution in [0.2, 0.25) is 0 Å². The van der Waals surface area contributed by atoms with E-state index in [1.807, 2.05) is 0 Å². The average Bonchev–Trinajstić information content (AvgIpc) is 2.41. The Labute approximate surface area is 118 Å². The maximum Gasteiger partial charge on any atom is 0.217 e. The van der Waals surface area contributed by atoms with Gasteiger partial charge in [0.1, 0.15) is 5.82 Å². The van der Waals surface area contributed by atoms with Crippen molar-refractivity contribution in [3.63, 3.8) is 0 Å². The van der Waals surface area contributed by atoms with Crippen LogP contribution in [0, 0.1) is 23.1 Å². The van der Waals surface area contributed by atoms with Crippen LogP contribution in [0.25, 0.3) is 0 Å². The molecule has 0 radical (unpaired) electrons. The second-order valence-electron chi connectivity index (χ2n) is 5.30. The highest BCUT2D eigenvalue weighted by molar-refractivity contribution is 5.73. The Morgan fingerprint density at radius 2 is 2.15 bits per heavy atom. The largest absolute Gasteiger partial charge is 0.370 e. The van der Waals surface area contributed by atoms with Crippen LogP contribution >= 0.6 is 0 Å². The number of nitriles is 1. The molecule has 1 aliphatic rings. The number of amides is 1. The minimum absolute atomic E-state index is 0.250. The number of benzene rings is 1. The molecule has 2 N–H and O–H groups in total. The molecule has 0 aliphatic carbocycles. The second-order valence-corrected chi connectivity index (χ2v) is 5.30. The number of rotatable bonds is 4. The van der Waals surface area contributed by atoms with E-state index in [1.165, 1.54) is 18.2 Å². The van der Waals surface area contributed by atoms with Crippen molar-refractivity contribution < 1.29 is 9.18 Å². The van der Waals surface area contributed by atoms with Crippen LogP contribution in [0.3, 0.4) is 0 Å². The summed E-state index contributed by atoms with van der Waals surface area (Å²) >= 11 is 0. The van der Waals surface area contributed by atoms with Gasteiger partial charge in [-0.25, -0.2) is 4.39 Å². The smallest absolute Gasteiger partial charge is 0.217 e. The van der Waals surface area contributed by atoms with Crippen LogP contribution in [0.4, 0.5) is 4.39 Å². The van der Waals surface area contributed by atoms with Gasteiger partial charge in [-0.15, -0.1) is 0 Å². The quantitative estimate of drug-likeness (QED) is 0.910. The van der Waals surface area contributed by atoms with Gasteiger partial charge >= 0.3 is 0 Å². The molecule has 0 aromatic heterocycles. The third kappa shape index (κ3) is 3.78. The van der Waals surface area contributed by atoms with Crippen molar-refractivity contribution in [2.75, 3.05) is 13.1 Å². The van der Waals surface area contributed by atoms with Crippen LogP contribution in [-0.4, -0.2) is 23.9 Å². The van der Waals surface area contributed by atoms with E-state index in [0.29, 0.717) is 24.4 Å². The monoisotopic (exact) mass is 275 g/mol. The number of nitrogens with two attached hydrogens (primary N) is 1. The molecule has 1 amide bonds. The molecule has 1 aliphatic heterocycles. The number of hydrogen-bond donors (Lipinski definition) is 1. The highest BCUT2D eigenvalue weighted by Gasteiger charge is 2.21. The predicted molar refractivity (Wildman–Crippen MR) is 72.9 cm³/mol. The van der Waals surface area contributed by atoms with E-state index in [-0.39, 0.29) is 11.7 Å². The molecule has 0 unspecified atom stereocenters. The first-order valence-electron chi connectivity index (χ1n) is 6.77. The average molecular weight is 275 g/mol. The number of piperidine rings is 1. The molecule has 4 nitrogen and oxygen atoms in total. The molecule has 5 heteroatoms. The molecule has 106 valence electrons. The fraction of sp³-hybridized carbons (Fsp3) is 0.467. The molecule has 0 spiro atoms. The summed E-state index contributed by atoms with van der Waals surface area (Å²) in [5, 5.41) is 9.04. The van der Waals surface area contributed by atoms with Gasteiger partial charge in [0.2, 0.25) is 5.91 Å². The van der Waals surface area contributed by atoms with Crippen molar-refractivity contribution in [2.24, 2.45) is 11.7 Å². The van der Waals surface area contributed by atoms with E-state index >= 15 is 0 Å². The Morgan fingerprint density at radius 3 is 2.75 bits per heavy atom. The van der Waals surface area contributed by atoms with Gasteiger partial charge in [0, 0.05) is 13.0 Å². The lowest BCUT2D eigenvalue weighted by molar-refractivity contribution is -0.119. The number of halogens is 1. The van der Waals surface area contributed by atoms with Crippen molar-refractivity contribution in [2.45, 2.75) is 25.8 Å². The van der Waals surface area contributed by atoms with Crippen molar-refractivity contribution in [1.82, 2.24) is 4.90 Å². The standard InChI is InChI=1S/C15H18FN3O/c16-14-2-1-12(9-17)13(8-14)10-19-5-3-11(4-6-19)7-15(18)20/h1-2,8,11H,3-7,10H2,(H2,18,20). The molecule has 0 saturated carbocycles. The van der Waals surface area contributed by atoms with Crippen LogP contribution in [0.1, 0.15) is 30.4 Å². The minimum atomic E-state index is -0.317. The maximum atomic E-state index is 13.3. The molecule has 1 aromatic rings. The summed E-state index contributed by atoms with van der Waals surface area (Å²) in [4.78, 5) is 13.1. The maximum absolute atomic E-state index is 13.3. The van der Waals surface area contributed by atoms with E-state index in [4.69, 9.17) is 11.0 Å². The zero-order valence-corrected chi connectivity index (χ0v) is 11.3. The third-order valence-corrected chi connectivity index (χ3v) is 3.78. The fourth-order valence-electron chi connectivity index (χ4n) is 2.68. The van der Waals surface area contributed by atoms with Crippen molar-refractivity contribution in [3.05, 3.63) is 35.1 Å². The van der Waals surface area contributed by atoms with Crippen molar-refractivity contribution >= 4 is 5.91 Å². The molecule has 0 atom stereocenters. The lowest BCUT2D eigenvalue weighted by Gasteiger charge is -2.31. The van der Waals surface area contributed by atoms with Crippen LogP contribution in [-0.2, 0) is 11.3 Å². The summed E-state index contributed by atoms with van der Waals surface area (Å²) in [5.74, 6) is -0.213. The number of carbonyl (C=O) groups is 1. The first-order valence-corrected chi connectivity index (χ1v) is 6.77. The molecule has 1 saturated heterocycles. The highest BCUT2D eigenvalue weighted by Crippen LogP contribution is 2.22. The fourth-order valence-corrected chi connectivity index (χ4v) is 2.68. The molecule has 0 bridgehead atoms. The van der Waals surface area contributed by atoms with Gasteiger partial charge < -0.3 is 5.73 Å². The normalized spacial score (nSPS) is 16.8. The first-order chi connectivity index (χ1) is 9.58. The zero-order valence-electron chi connectivity index (χ0n) is 11.3. The molecule has 1 fully saturated rings. The zero-order chi connectivity index (χ0) is 14.5. The number of hydrogen-bond acceptors (Lipinski definition) is 3. The molecule has 20 heavy (non-hydrogen) atoms. The molecular weight excluding hydrogens is 257 g/mol. The van der Waals surface area contributed by atoms with E-state index in [9.17, 15) is 9.18 Å². The van der Waals surface area contributed by atoms with Gasteiger partial charge in [0.05, 0.1) is 11.6 Å². The highest BCUT2D eigenvalue weighted by atomic mass is 19.1. The number of carbonyl (C=O) groups excluding carboxylic acids is 1. The number of primary amides is 1. The minimum Gasteiger partial charge on any atom is -0.370 e. The van der Waals surface area contributed by atoms with Gasteiger partial charge in [-0.2, -0.15) is 5.26 Å². The van der Waals surface area contributed by atoms with Gasteiger partial charge in [-0.3, -0.25) is 9.69 Å². The molecule has 1 heterocycles. The molecular formula is C15H18FN3O. The number of likely N-dealkylation sites (tertiary alicyclic amines) is 1. The Hall–Kier alpha value is -1.93. The molecule has 1 aromatic carbocycles. The van der Waals surface area contributed by atoms with E-state index in [1.54, 1.807) is 0 Å². The van der Waals surface area contributed by atoms with E-state index in [2.05, 4.69) is 11.0 Å². The van der Waals surface area contributed by atoms with E-state index < -0.39 is 0 Å².